The highest BCUT2D eigenvalue weighted by molar-refractivity contribution is 6.33. The van der Waals surface area contributed by atoms with Crippen molar-refractivity contribution in [3.63, 3.8) is 0 Å². The number of rotatable bonds is 2. The van der Waals surface area contributed by atoms with Gasteiger partial charge in [0.1, 0.15) is 0 Å². The predicted molar refractivity (Wildman–Crippen MR) is 88.5 cm³/mol. The molecule has 1 fully saturated rings. The van der Waals surface area contributed by atoms with Gasteiger partial charge in [-0.1, -0.05) is 43.6 Å². The Morgan fingerprint density at radius 3 is 2.41 bits per heavy atom. The van der Waals surface area contributed by atoms with E-state index in [1.54, 1.807) is 12.1 Å². The van der Waals surface area contributed by atoms with E-state index in [0.717, 1.165) is 18.8 Å². The van der Waals surface area contributed by atoms with Gasteiger partial charge in [0.15, 0.2) is 0 Å². The number of piperazine rings is 1. The third kappa shape index (κ3) is 3.64. The lowest BCUT2D eigenvalue weighted by Gasteiger charge is -2.39. The van der Waals surface area contributed by atoms with Crippen molar-refractivity contribution in [1.82, 2.24) is 4.90 Å². The van der Waals surface area contributed by atoms with Gasteiger partial charge in [-0.25, -0.2) is 0 Å². The van der Waals surface area contributed by atoms with Gasteiger partial charge in [-0.2, -0.15) is 0 Å². The Morgan fingerprint density at radius 2 is 1.91 bits per heavy atom. The quantitative estimate of drug-likeness (QED) is 0.469. The molecule has 0 spiro atoms. The molecule has 1 aliphatic heterocycles. The molecule has 0 bridgehead atoms. The molecule has 7 heteroatoms. The number of halogens is 1. The van der Waals surface area contributed by atoms with Crippen LogP contribution in [-0.4, -0.2) is 37.0 Å². The van der Waals surface area contributed by atoms with Crippen LogP contribution in [0.5, 0.6) is 0 Å². The zero-order valence-electron chi connectivity index (χ0n) is 13.1. The standard InChI is InChI=1S/C15H20ClN5O/c1-15(2,3)14(22)21-8-6-20(7-9-21)13-5-4-11(18-19-17)10-12(13)16/h4-5,10H,6-9H2,1-3H3. The molecule has 0 aliphatic carbocycles. The molecule has 0 atom stereocenters. The van der Waals surface area contributed by atoms with Crippen LogP contribution in [0.15, 0.2) is 23.3 Å². The number of nitrogens with zero attached hydrogens (tertiary/aromatic N) is 5. The van der Waals surface area contributed by atoms with Crippen molar-refractivity contribution in [2.45, 2.75) is 20.8 Å². The van der Waals surface area contributed by atoms with E-state index in [9.17, 15) is 4.79 Å². The molecule has 1 aromatic rings. The maximum Gasteiger partial charge on any atom is 0.228 e. The highest BCUT2D eigenvalue weighted by atomic mass is 35.5. The topological polar surface area (TPSA) is 72.3 Å². The van der Waals surface area contributed by atoms with E-state index in [1.807, 2.05) is 31.7 Å². The summed E-state index contributed by atoms with van der Waals surface area (Å²) in [6.45, 7) is 8.66. The zero-order valence-corrected chi connectivity index (χ0v) is 13.8. The summed E-state index contributed by atoms with van der Waals surface area (Å²) in [4.78, 5) is 19.1. The minimum atomic E-state index is -0.350. The van der Waals surface area contributed by atoms with Gasteiger partial charge < -0.3 is 9.80 Å². The second kappa shape index (κ2) is 6.46. The Balaban J connectivity index is 2.06. The number of carbonyl (C=O) groups excluding carboxylic acids is 1. The first-order chi connectivity index (χ1) is 10.3. The van der Waals surface area contributed by atoms with Crippen LogP contribution in [0.4, 0.5) is 11.4 Å². The van der Waals surface area contributed by atoms with E-state index in [1.165, 1.54) is 0 Å². The summed E-state index contributed by atoms with van der Waals surface area (Å²) in [7, 11) is 0. The maximum atomic E-state index is 12.3. The smallest absolute Gasteiger partial charge is 0.228 e. The number of hydrogen-bond acceptors (Lipinski definition) is 3. The summed E-state index contributed by atoms with van der Waals surface area (Å²) in [5.74, 6) is 0.178. The fourth-order valence-corrected chi connectivity index (χ4v) is 2.79. The van der Waals surface area contributed by atoms with E-state index in [-0.39, 0.29) is 11.3 Å². The molecule has 1 aliphatic rings. The SMILES string of the molecule is CC(C)(C)C(=O)N1CCN(c2ccc(N=[N+]=[N-])cc2Cl)CC1. The average Bonchev–Trinajstić information content (AvgIpc) is 2.46. The number of hydrogen-bond donors (Lipinski definition) is 0. The summed E-state index contributed by atoms with van der Waals surface area (Å²) in [6.07, 6.45) is 0. The fourth-order valence-electron chi connectivity index (χ4n) is 2.49. The maximum absolute atomic E-state index is 12.3. The number of benzene rings is 1. The number of carbonyl (C=O) groups is 1. The Morgan fingerprint density at radius 1 is 1.27 bits per heavy atom. The molecular formula is C15H20ClN5O. The molecule has 0 unspecified atom stereocenters. The first-order valence-electron chi connectivity index (χ1n) is 7.22. The Kier molecular flexibility index (Phi) is 4.84. The summed E-state index contributed by atoms with van der Waals surface area (Å²) >= 11 is 6.26. The van der Waals surface area contributed by atoms with Crippen LogP contribution < -0.4 is 4.90 Å². The molecule has 1 aromatic carbocycles. The molecule has 1 amide bonds. The number of anilines is 1. The van der Waals surface area contributed by atoms with Gasteiger partial charge in [-0.3, -0.25) is 4.79 Å². The van der Waals surface area contributed by atoms with Gasteiger partial charge in [0.25, 0.3) is 0 Å². The second-order valence-electron chi connectivity index (χ2n) is 6.35. The second-order valence-corrected chi connectivity index (χ2v) is 6.76. The molecule has 6 nitrogen and oxygen atoms in total. The molecule has 22 heavy (non-hydrogen) atoms. The number of azide groups is 1. The Bertz CT molecular complexity index is 611. The molecule has 118 valence electrons. The molecule has 0 saturated carbocycles. The van der Waals surface area contributed by atoms with Crippen LogP contribution in [-0.2, 0) is 4.79 Å². The van der Waals surface area contributed by atoms with Crippen LogP contribution in [0.2, 0.25) is 5.02 Å². The minimum absolute atomic E-state index is 0.178. The van der Waals surface area contributed by atoms with Crippen molar-refractivity contribution in [2.75, 3.05) is 31.1 Å². The highest BCUT2D eigenvalue weighted by Gasteiger charge is 2.30. The van der Waals surface area contributed by atoms with Crippen molar-refractivity contribution in [1.29, 1.82) is 0 Å². The van der Waals surface area contributed by atoms with E-state index in [4.69, 9.17) is 17.1 Å². The summed E-state index contributed by atoms with van der Waals surface area (Å²) < 4.78 is 0. The van der Waals surface area contributed by atoms with Gasteiger partial charge in [0.05, 0.1) is 10.7 Å². The number of amides is 1. The van der Waals surface area contributed by atoms with Crippen molar-refractivity contribution in [3.05, 3.63) is 33.7 Å². The third-order valence-electron chi connectivity index (χ3n) is 3.64. The first-order valence-corrected chi connectivity index (χ1v) is 7.59. The molecule has 0 aromatic heterocycles. The summed E-state index contributed by atoms with van der Waals surface area (Å²) in [5, 5.41) is 4.10. The van der Waals surface area contributed by atoms with E-state index in [2.05, 4.69) is 14.9 Å². The molecule has 0 radical (unpaired) electrons. The Labute approximate surface area is 135 Å². The van der Waals surface area contributed by atoms with Gasteiger partial charge in [0, 0.05) is 42.2 Å². The third-order valence-corrected chi connectivity index (χ3v) is 3.94. The zero-order chi connectivity index (χ0) is 16.3. The molecule has 1 saturated heterocycles. The van der Waals surface area contributed by atoms with Gasteiger partial charge >= 0.3 is 0 Å². The van der Waals surface area contributed by atoms with E-state index >= 15 is 0 Å². The van der Waals surface area contributed by atoms with Gasteiger partial charge in [-0.05, 0) is 17.7 Å². The lowest BCUT2D eigenvalue weighted by atomic mass is 9.94. The molecule has 0 N–H and O–H groups in total. The highest BCUT2D eigenvalue weighted by Crippen LogP contribution is 2.31. The van der Waals surface area contributed by atoms with Crippen LogP contribution in [0.1, 0.15) is 20.8 Å². The van der Waals surface area contributed by atoms with Crippen LogP contribution in [0, 0.1) is 5.41 Å². The average molecular weight is 322 g/mol. The van der Waals surface area contributed by atoms with E-state index < -0.39 is 0 Å². The van der Waals surface area contributed by atoms with Crippen molar-refractivity contribution >= 4 is 28.9 Å². The molecule has 2 rings (SSSR count). The van der Waals surface area contributed by atoms with Crippen molar-refractivity contribution < 1.29 is 4.79 Å². The first kappa shape index (κ1) is 16.5. The fraction of sp³-hybridized carbons (Fsp3) is 0.533. The normalized spacial score (nSPS) is 15.5. The summed E-state index contributed by atoms with van der Waals surface area (Å²) in [5.41, 5.74) is 9.49. The van der Waals surface area contributed by atoms with Crippen LogP contribution >= 0.6 is 11.6 Å². The minimum Gasteiger partial charge on any atom is -0.367 e. The van der Waals surface area contributed by atoms with Crippen LogP contribution in [0.3, 0.4) is 0 Å². The van der Waals surface area contributed by atoms with Crippen molar-refractivity contribution in [3.8, 4) is 0 Å². The van der Waals surface area contributed by atoms with Gasteiger partial charge in [0.2, 0.25) is 5.91 Å². The van der Waals surface area contributed by atoms with Crippen LogP contribution in [0.25, 0.3) is 10.4 Å². The van der Waals surface area contributed by atoms with Gasteiger partial charge in [-0.15, -0.1) is 0 Å². The molecular weight excluding hydrogens is 302 g/mol. The van der Waals surface area contributed by atoms with E-state index in [0.29, 0.717) is 23.8 Å². The van der Waals surface area contributed by atoms with Crippen molar-refractivity contribution in [2.24, 2.45) is 10.5 Å². The largest absolute Gasteiger partial charge is 0.367 e. The molecule has 1 heterocycles. The predicted octanol–water partition coefficient (Wildman–Crippen LogP) is 3.98. The lowest BCUT2D eigenvalue weighted by Crippen LogP contribution is -2.51. The Hall–Kier alpha value is -1.91. The monoisotopic (exact) mass is 321 g/mol. The summed E-state index contributed by atoms with van der Waals surface area (Å²) in [6, 6.07) is 5.25. The lowest BCUT2D eigenvalue weighted by molar-refractivity contribution is -0.139.